The summed E-state index contributed by atoms with van der Waals surface area (Å²) in [4.78, 5) is 0. The fourth-order valence-corrected chi connectivity index (χ4v) is 1.07. The molecule has 0 saturated carbocycles. The molecule has 52 valence electrons. The van der Waals surface area contributed by atoms with Crippen LogP contribution >= 0.6 is 11.5 Å². The van der Waals surface area contributed by atoms with Crippen molar-refractivity contribution in [3.05, 3.63) is 5.38 Å². The third-order valence-electron chi connectivity index (χ3n) is 1.07. The highest BCUT2D eigenvalue weighted by Crippen LogP contribution is 2.13. The van der Waals surface area contributed by atoms with Gasteiger partial charge in [0, 0.05) is 0 Å². The molecular weight excluding hydrogens is 152 g/mol. The molecule has 0 N–H and O–H groups in total. The molecule has 1 aliphatic rings. The van der Waals surface area contributed by atoms with E-state index in [1.807, 2.05) is 5.38 Å². The summed E-state index contributed by atoms with van der Waals surface area (Å²) >= 11 is 1.29. The minimum atomic E-state index is 0.436. The zero-order valence-electron chi connectivity index (χ0n) is 4.97. The van der Waals surface area contributed by atoms with E-state index < -0.39 is 0 Å². The number of ether oxygens (including phenoxy) is 1. The molecule has 2 heterocycles. The highest BCUT2D eigenvalue weighted by atomic mass is 32.1. The van der Waals surface area contributed by atoms with Crippen LogP contribution in [-0.2, 0) is 4.74 Å². The molecule has 0 radical (unpaired) electrons. The molecule has 5 nitrogen and oxygen atoms in total. The Morgan fingerprint density at radius 1 is 1.70 bits per heavy atom. The van der Waals surface area contributed by atoms with Crippen LogP contribution < -0.4 is 5.01 Å². The van der Waals surface area contributed by atoms with E-state index in [1.165, 1.54) is 17.9 Å². The van der Waals surface area contributed by atoms with E-state index >= 15 is 0 Å². The monoisotopic (exact) mass is 156 g/mol. The van der Waals surface area contributed by atoms with Crippen LogP contribution in [0.25, 0.3) is 0 Å². The number of nitrogens with zero attached hydrogens (tertiary/aromatic N) is 4. The molecule has 0 aromatic carbocycles. The lowest BCUT2D eigenvalue weighted by molar-refractivity contribution is 0.349. The maximum Gasteiger partial charge on any atom is 0.195 e. The zero-order valence-corrected chi connectivity index (χ0v) is 5.78. The Bertz CT molecular complexity index is 233. The predicted molar refractivity (Wildman–Crippen MR) is 36.8 cm³/mol. The van der Waals surface area contributed by atoms with E-state index in [9.17, 15) is 0 Å². The lowest BCUT2D eigenvalue weighted by Crippen LogP contribution is -2.12. The summed E-state index contributed by atoms with van der Waals surface area (Å²) in [5.41, 5.74) is 0. The maximum atomic E-state index is 4.85. The van der Waals surface area contributed by atoms with Crippen molar-refractivity contribution in [3.8, 4) is 0 Å². The first-order valence-electron chi connectivity index (χ1n) is 2.65. The van der Waals surface area contributed by atoms with Gasteiger partial charge in [0.25, 0.3) is 0 Å². The van der Waals surface area contributed by atoms with E-state index in [0.29, 0.717) is 6.73 Å². The van der Waals surface area contributed by atoms with Crippen LogP contribution in [0.4, 0.5) is 5.82 Å². The zero-order chi connectivity index (χ0) is 6.81. The average Bonchev–Trinajstić information content (AvgIpc) is 2.59. The number of aromatic nitrogens is 2. The smallest absolute Gasteiger partial charge is 0.195 e. The molecule has 0 aliphatic carbocycles. The van der Waals surface area contributed by atoms with Gasteiger partial charge in [0.2, 0.25) is 0 Å². The van der Waals surface area contributed by atoms with E-state index in [4.69, 9.17) is 4.74 Å². The number of rotatable bonds is 1. The molecule has 1 aromatic heterocycles. The van der Waals surface area contributed by atoms with Crippen LogP contribution in [-0.4, -0.2) is 22.7 Å². The molecule has 0 spiro atoms. The molecule has 1 aromatic rings. The van der Waals surface area contributed by atoms with E-state index in [2.05, 4.69) is 14.7 Å². The largest absolute Gasteiger partial charge is 0.459 e. The summed E-state index contributed by atoms with van der Waals surface area (Å²) in [6.45, 7) is 0.436. The van der Waals surface area contributed by atoms with Crippen LogP contribution in [0.15, 0.2) is 10.5 Å². The fourth-order valence-electron chi connectivity index (χ4n) is 0.625. The molecule has 0 atom stereocenters. The van der Waals surface area contributed by atoms with Crippen molar-refractivity contribution in [2.45, 2.75) is 0 Å². The second-order valence-corrected chi connectivity index (χ2v) is 2.29. The number of hydrogen-bond acceptors (Lipinski definition) is 6. The second-order valence-electron chi connectivity index (χ2n) is 1.68. The standard InChI is InChI=1S/C4H4N4OS/c1-4(6-7-10-1)8-3-9-2-5-8/h1-2H,3H2. The number of hydrogen-bond donors (Lipinski definition) is 0. The van der Waals surface area contributed by atoms with Crippen molar-refractivity contribution in [2.24, 2.45) is 5.10 Å². The lowest BCUT2D eigenvalue weighted by atomic mass is 10.8. The van der Waals surface area contributed by atoms with Gasteiger partial charge in [-0.2, -0.15) is 0 Å². The highest BCUT2D eigenvalue weighted by Gasteiger charge is 2.10. The van der Waals surface area contributed by atoms with Gasteiger partial charge < -0.3 is 4.74 Å². The van der Waals surface area contributed by atoms with E-state index in [1.54, 1.807) is 5.01 Å². The summed E-state index contributed by atoms with van der Waals surface area (Å²) in [7, 11) is 0. The molecule has 6 heteroatoms. The van der Waals surface area contributed by atoms with Gasteiger partial charge in [-0.1, -0.05) is 4.49 Å². The van der Waals surface area contributed by atoms with Gasteiger partial charge in [-0.15, -0.1) is 10.2 Å². The third kappa shape index (κ3) is 0.820. The first kappa shape index (κ1) is 5.60. The van der Waals surface area contributed by atoms with Gasteiger partial charge >= 0.3 is 0 Å². The Morgan fingerprint density at radius 3 is 3.30 bits per heavy atom. The number of anilines is 1. The minimum absolute atomic E-state index is 0.436. The molecule has 0 unspecified atom stereocenters. The highest BCUT2D eigenvalue weighted by molar-refractivity contribution is 7.03. The van der Waals surface area contributed by atoms with Crippen LogP contribution in [0.3, 0.4) is 0 Å². The lowest BCUT2D eigenvalue weighted by Gasteiger charge is -2.04. The molecule has 1 aliphatic heterocycles. The third-order valence-corrected chi connectivity index (χ3v) is 1.56. The van der Waals surface area contributed by atoms with Crippen LogP contribution in [0, 0.1) is 0 Å². The molecule has 0 amide bonds. The minimum Gasteiger partial charge on any atom is -0.459 e. The topological polar surface area (TPSA) is 50.6 Å². The van der Waals surface area contributed by atoms with Crippen molar-refractivity contribution in [1.82, 2.24) is 9.59 Å². The van der Waals surface area contributed by atoms with Gasteiger partial charge in [-0.25, -0.2) is 5.01 Å². The molecule has 0 fully saturated rings. The van der Waals surface area contributed by atoms with Gasteiger partial charge in [-0.3, -0.25) is 0 Å². The molecular formula is C4H4N4OS. The summed E-state index contributed by atoms with van der Waals surface area (Å²) in [6, 6.07) is 0. The molecule has 0 bridgehead atoms. The number of hydrazone groups is 1. The van der Waals surface area contributed by atoms with Crippen molar-refractivity contribution >= 4 is 23.8 Å². The Kier molecular flexibility index (Phi) is 1.24. The Balaban J connectivity index is 2.20. The van der Waals surface area contributed by atoms with Gasteiger partial charge in [0.05, 0.1) is 5.38 Å². The summed E-state index contributed by atoms with van der Waals surface area (Å²) in [5.74, 6) is 0.735. The Hall–Kier alpha value is -1.17. The summed E-state index contributed by atoms with van der Waals surface area (Å²) < 4.78 is 8.54. The SMILES string of the molecule is C1=NN(c2csnn2)CO1. The molecule has 0 saturated heterocycles. The summed E-state index contributed by atoms with van der Waals surface area (Å²) in [6.07, 6.45) is 1.39. The van der Waals surface area contributed by atoms with Gasteiger partial charge in [-0.05, 0) is 11.5 Å². The van der Waals surface area contributed by atoms with E-state index in [-0.39, 0.29) is 0 Å². The Labute approximate surface area is 61.1 Å². The van der Waals surface area contributed by atoms with Crippen molar-refractivity contribution in [2.75, 3.05) is 11.7 Å². The van der Waals surface area contributed by atoms with E-state index in [0.717, 1.165) is 5.82 Å². The van der Waals surface area contributed by atoms with Crippen molar-refractivity contribution in [1.29, 1.82) is 0 Å². The van der Waals surface area contributed by atoms with Gasteiger partial charge in [0.1, 0.15) is 0 Å². The average molecular weight is 156 g/mol. The first-order valence-corrected chi connectivity index (χ1v) is 3.49. The maximum absolute atomic E-state index is 4.85. The Morgan fingerprint density at radius 2 is 2.70 bits per heavy atom. The predicted octanol–water partition coefficient (Wildman–Crippen LogP) is 0.276. The first-order chi connectivity index (χ1) is 4.97. The molecule has 2 rings (SSSR count). The van der Waals surface area contributed by atoms with Crippen molar-refractivity contribution in [3.63, 3.8) is 0 Å². The van der Waals surface area contributed by atoms with Crippen LogP contribution in [0.2, 0.25) is 0 Å². The molecule has 10 heavy (non-hydrogen) atoms. The van der Waals surface area contributed by atoms with Gasteiger partial charge in [0.15, 0.2) is 18.9 Å². The normalized spacial score (nSPS) is 15.8. The second kappa shape index (κ2) is 2.22. The quantitative estimate of drug-likeness (QED) is 0.585. The summed E-state index contributed by atoms with van der Waals surface area (Å²) in [5, 5.41) is 11.1. The van der Waals surface area contributed by atoms with Crippen molar-refractivity contribution < 1.29 is 4.74 Å². The fraction of sp³-hybridized carbons (Fsp3) is 0.250. The van der Waals surface area contributed by atoms with Crippen LogP contribution in [0.5, 0.6) is 0 Å². The van der Waals surface area contributed by atoms with Crippen LogP contribution in [0.1, 0.15) is 0 Å².